The van der Waals surface area contributed by atoms with Crippen LogP contribution in [-0.4, -0.2) is 6.54 Å². The van der Waals surface area contributed by atoms with E-state index in [1.807, 2.05) is 0 Å². The fourth-order valence-electron chi connectivity index (χ4n) is 3.21. The molecule has 1 aliphatic heterocycles. The van der Waals surface area contributed by atoms with E-state index in [2.05, 4.69) is 45.1 Å². The number of hydrogen-bond acceptors (Lipinski definition) is 1. The molecule has 0 amide bonds. The number of anilines is 1. The molecule has 2 unspecified atom stereocenters. The third kappa shape index (κ3) is 2.65. The molecular weight excluding hydrogens is 206 g/mol. The Morgan fingerprint density at radius 2 is 2.12 bits per heavy atom. The topological polar surface area (TPSA) is 12.0 Å². The van der Waals surface area contributed by atoms with Crippen molar-refractivity contribution >= 4 is 5.69 Å². The van der Waals surface area contributed by atoms with E-state index in [0.29, 0.717) is 0 Å². The number of benzene rings is 1. The van der Waals surface area contributed by atoms with Gasteiger partial charge in [-0.05, 0) is 37.3 Å². The zero-order valence-electron chi connectivity index (χ0n) is 11.6. The van der Waals surface area contributed by atoms with Crippen LogP contribution in [0.2, 0.25) is 0 Å². The third-order valence-corrected chi connectivity index (χ3v) is 3.94. The van der Waals surface area contributed by atoms with Crippen molar-refractivity contribution in [1.29, 1.82) is 0 Å². The van der Waals surface area contributed by atoms with Crippen LogP contribution in [0, 0.1) is 19.8 Å². The molecule has 1 aliphatic rings. The first-order valence-corrected chi connectivity index (χ1v) is 6.96. The zero-order chi connectivity index (χ0) is 12.4. The highest BCUT2D eigenvalue weighted by Gasteiger charge is 2.24. The molecule has 0 radical (unpaired) electrons. The molecule has 17 heavy (non-hydrogen) atoms. The second kappa shape index (κ2) is 5.12. The summed E-state index contributed by atoms with van der Waals surface area (Å²) < 4.78 is 0. The Morgan fingerprint density at radius 3 is 2.82 bits per heavy atom. The first kappa shape index (κ1) is 12.5. The molecule has 2 rings (SSSR count). The Bertz CT molecular complexity index is 395. The number of nitrogens with one attached hydrogen (secondary N) is 1. The highest BCUT2D eigenvalue weighted by molar-refractivity contribution is 5.63. The normalized spacial score (nSPS) is 19.9. The van der Waals surface area contributed by atoms with Gasteiger partial charge in [0.05, 0.1) is 0 Å². The molecule has 1 aromatic rings. The van der Waals surface area contributed by atoms with Crippen molar-refractivity contribution in [2.24, 2.45) is 5.92 Å². The predicted octanol–water partition coefficient (Wildman–Crippen LogP) is 4.64. The smallest absolute Gasteiger partial charge is 0.0406 e. The van der Waals surface area contributed by atoms with Crippen molar-refractivity contribution in [3.05, 3.63) is 28.8 Å². The monoisotopic (exact) mass is 231 g/mol. The second-order valence-electron chi connectivity index (χ2n) is 5.75. The van der Waals surface area contributed by atoms with Gasteiger partial charge >= 0.3 is 0 Å². The fourth-order valence-corrected chi connectivity index (χ4v) is 3.21. The van der Waals surface area contributed by atoms with Crippen molar-refractivity contribution in [3.8, 4) is 0 Å². The number of hydrogen-bond donors (Lipinski definition) is 1. The molecule has 0 fully saturated rings. The summed E-state index contributed by atoms with van der Waals surface area (Å²) in [6.45, 7) is 10.2. The van der Waals surface area contributed by atoms with Gasteiger partial charge in [-0.2, -0.15) is 0 Å². The number of fused-ring (bicyclic) bond motifs is 1. The van der Waals surface area contributed by atoms with Gasteiger partial charge in [0.1, 0.15) is 0 Å². The van der Waals surface area contributed by atoms with Gasteiger partial charge in [-0.25, -0.2) is 0 Å². The Labute approximate surface area is 106 Å². The molecule has 0 spiro atoms. The SMILES string of the molecule is CCCC(C)CC1CNc2c(C)cc(C)cc21. The Balaban J connectivity index is 2.16. The Hall–Kier alpha value is -0.980. The van der Waals surface area contributed by atoms with E-state index in [9.17, 15) is 0 Å². The molecule has 0 aliphatic carbocycles. The minimum absolute atomic E-state index is 0.727. The number of aryl methyl sites for hydroxylation is 2. The molecular formula is C16H25N. The van der Waals surface area contributed by atoms with Gasteiger partial charge in [0.15, 0.2) is 0 Å². The first-order valence-electron chi connectivity index (χ1n) is 6.96. The highest BCUT2D eigenvalue weighted by atomic mass is 14.9. The summed E-state index contributed by atoms with van der Waals surface area (Å²) in [5.41, 5.74) is 5.78. The van der Waals surface area contributed by atoms with E-state index in [-0.39, 0.29) is 0 Å². The standard InChI is InChI=1S/C16H25N/c1-5-6-11(2)8-14-10-17-16-13(4)7-12(3)9-15(14)16/h7,9,11,14,17H,5-6,8,10H2,1-4H3. The molecule has 1 heterocycles. The van der Waals surface area contributed by atoms with Gasteiger partial charge in [0, 0.05) is 18.2 Å². The molecule has 2 atom stereocenters. The molecule has 1 nitrogen and oxygen atoms in total. The van der Waals surface area contributed by atoms with Crippen molar-refractivity contribution in [1.82, 2.24) is 0 Å². The summed E-state index contributed by atoms with van der Waals surface area (Å²) in [7, 11) is 0. The van der Waals surface area contributed by atoms with Crippen LogP contribution in [0.15, 0.2) is 12.1 Å². The van der Waals surface area contributed by atoms with Crippen molar-refractivity contribution in [2.45, 2.75) is 52.9 Å². The zero-order valence-corrected chi connectivity index (χ0v) is 11.6. The summed E-state index contributed by atoms with van der Waals surface area (Å²) in [4.78, 5) is 0. The minimum atomic E-state index is 0.727. The molecule has 94 valence electrons. The maximum absolute atomic E-state index is 3.59. The summed E-state index contributed by atoms with van der Waals surface area (Å²) >= 11 is 0. The lowest BCUT2D eigenvalue weighted by atomic mass is 9.88. The van der Waals surface area contributed by atoms with E-state index < -0.39 is 0 Å². The summed E-state index contributed by atoms with van der Waals surface area (Å²) in [6, 6.07) is 4.66. The largest absolute Gasteiger partial charge is 0.384 e. The maximum atomic E-state index is 3.59. The first-order chi connectivity index (χ1) is 8.11. The van der Waals surface area contributed by atoms with Crippen LogP contribution < -0.4 is 5.32 Å². The Morgan fingerprint density at radius 1 is 1.35 bits per heavy atom. The second-order valence-corrected chi connectivity index (χ2v) is 5.75. The van der Waals surface area contributed by atoms with Gasteiger partial charge in [0.2, 0.25) is 0 Å². The predicted molar refractivity (Wildman–Crippen MR) is 75.8 cm³/mol. The van der Waals surface area contributed by atoms with Crippen molar-refractivity contribution in [3.63, 3.8) is 0 Å². The molecule has 0 saturated carbocycles. The van der Waals surface area contributed by atoms with Crippen LogP contribution in [0.25, 0.3) is 0 Å². The Kier molecular flexibility index (Phi) is 3.76. The van der Waals surface area contributed by atoms with Crippen LogP contribution >= 0.6 is 0 Å². The lowest BCUT2D eigenvalue weighted by Gasteiger charge is -2.16. The van der Waals surface area contributed by atoms with Crippen LogP contribution in [0.5, 0.6) is 0 Å². The summed E-state index contributed by atoms with van der Waals surface area (Å²) in [6.07, 6.45) is 3.99. The van der Waals surface area contributed by atoms with E-state index in [0.717, 1.165) is 18.4 Å². The fraction of sp³-hybridized carbons (Fsp3) is 0.625. The van der Waals surface area contributed by atoms with Gasteiger partial charge in [-0.3, -0.25) is 0 Å². The average molecular weight is 231 g/mol. The number of rotatable bonds is 4. The van der Waals surface area contributed by atoms with Crippen LogP contribution in [-0.2, 0) is 0 Å². The van der Waals surface area contributed by atoms with Crippen LogP contribution in [0.3, 0.4) is 0 Å². The van der Waals surface area contributed by atoms with Crippen molar-refractivity contribution in [2.75, 3.05) is 11.9 Å². The molecule has 0 bridgehead atoms. The van der Waals surface area contributed by atoms with E-state index in [4.69, 9.17) is 0 Å². The van der Waals surface area contributed by atoms with Gasteiger partial charge in [-0.1, -0.05) is 44.4 Å². The average Bonchev–Trinajstić information content (AvgIpc) is 2.62. The quantitative estimate of drug-likeness (QED) is 0.796. The lowest BCUT2D eigenvalue weighted by molar-refractivity contribution is 0.448. The highest BCUT2D eigenvalue weighted by Crippen LogP contribution is 2.38. The van der Waals surface area contributed by atoms with Gasteiger partial charge in [0.25, 0.3) is 0 Å². The molecule has 0 saturated heterocycles. The molecule has 1 N–H and O–H groups in total. The lowest BCUT2D eigenvalue weighted by Crippen LogP contribution is -2.07. The molecule has 1 heteroatoms. The maximum Gasteiger partial charge on any atom is 0.0406 e. The summed E-state index contributed by atoms with van der Waals surface area (Å²) in [5.74, 6) is 1.57. The third-order valence-electron chi connectivity index (χ3n) is 3.94. The van der Waals surface area contributed by atoms with Crippen LogP contribution in [0.4, 0.5) is 5.69 Å². The van der Waals surface area contributed by atoms with E-state index >= 15 is 0 Å². The van der Waals surface area contributed by atoms with E-state index in [1.165, 1.54) is 36.1 Å². The molecule has 1 aromatic carbocycles. The molecule has 0 aromatic heterocycles. The van der Waals surface area contributed by atoms with Crippen molar-refractivity contribution < 1.29 is 0 Å². The van der Waals surface area contributed by atoms with Gasteiger partial charge < -0.3 is 5.32 Å². The van der Waals surface area contributed by atoms with E-state index in [1.54, 1.807) is 5.56 Å². The minimum Gasteiger partial charge on any atom is -0.384 e. The van der Waals surface area contributed by atoms with Gasteiger partial charge in [-0.15, -0.1) is 0 Å². The van der Waals surface area contributed by atoms with Crippen LogP contribution in [0.1, 0.15) is 55.7 Å². The summed E-state index contributed by atoms with van der Waals surface area (Å²) in [5, 5.41) is 3.59.